The average molecular weight is 819 g/mol. The van der Waals surface area contributed by atoms with Crippen LogP contribution in [0.4, 0.5) is 4.79 Å². The fraction of sp³-hybridized carbons (Fsp3) is 0.478. The number of benzene rings is 2. The highest BCUT2D eigenvalue weighted by Crippen LogP contribution is 2.42. The summed E-state index contributed by atoms with van der Waals surface area (Å²) in [6, 6.07) is 16.0. The molecule has 4 aliphatic heterocycles. The molecule has 2 N–H and O–H groups in total. The van der Waals surface area contributed by atoms with Crippen molar-refractivity contribution in [3.05, 3.63) is 92.8 Å². The van der Waals surface area contributed by atoms with Crippen molar-refractivity contribution in [1.82, 2.24) is 19.4 Å². The van der Waals surface area contributed by atoms with Gasteiger partial charge in [0.1, 0.15) is 24.0 Å². The van der Waals surface area contributed by atoms with E-state index in [0.29, 0.717) is 47.3 Å². The van der Waals surface area contributed by atoms with Crippen molar-refractivity contribution >= 4 is 35.1 Å². The number of carbonyl (C=O) groups is 3. The monoisotopic (exact) mass is 818 g/mol. The van der Waals surface area contributed by atoms with Gasteiger partial charge in [0.25, 0.3) is 5.56 Å². The first-order valence-electron chi connectivity index (χ1n) is 21.2. The van der Waals surface area contributed by atoms with Crippen molar-refractivity contribution in [3.8, 4) is 17.1 Å². The van der Waals surface area contributed by atoms with Crippen molar-refractivity contribution in [1.29, 1.82) is 0 Å². The van der Waals surface area contributed by atoms with Gasteiger partial charge in [-0.3, -0.25) is 9.59 Å². The van der Waals surface area contributed by atoms with E-state index in [4.69, 9.17) is 29.8 Å². The Balaban J connectivity index is 1.11. The first-order valence-corrected chi connectivity index (χ1v) is 21.2. The summed E-state index contributed by atoms with van der Waals surface area (Å²) in [4.78, 5) is 70.2. The Morgan fingerprint density at radius 2 is 1.78 bits per heavy atom. The first kappa shape index (κ1) is 41.1. The molecule has 316 valence electrons. The molecule has 0 aliphatic carbocycles. The summed E-state index contributed by atoms with van der Waals surface area (Å²) < 4.78 is 19.3. The van der Waals surface area contributed by atoms with Crippen molar-refractivity contribution in [3.63, 3.8) is 0 Å². The number of likely N-dealkylation sites (tertiary alicyclic amines) is 2. The summed E-state index contributed by atoms with van der Waals surface area (Å²) in [5.41, 5.74) is 8.00. The summed E-state index contributed by atoms with van der Waals surface area (Å²) >= 11 is 0. The summed E-state index contributed by atoms with van der Waals surface area (Å²) in [5, 5.41) is 4.95. The Hall–Kier alpha value is -5.60. The molecule has 60 heavy (non-hydrogen) atoms. The molecule has 2 atom stereocenters. The minimum absolute atomic E-state index is 0.0192. The minimum atomic E-state index is -1.88. The Morgan fingerprint density at radius 1 is 1.03 bits per heavy atom. The van der Waals surface area contributed by atoms with E-state index >= 15 is 0 Å². The average Bonchev–Trinajstić information content (AvgIpc) is 3.61. The van der Waals surface area contributed by atoms with E-state index in [0.717, 1.165) is 42.4 Å². The van der Waals surface area contributed by atoms with E-state index in [1.54, 1.807) is 40.8 Å². The highest BCUT2D eigenvalue weighted by Gasteiger charge is 2.51. The quantitative estimate of drug-likeness (QED) is 0.0999. The SMILES string of the molecule is CC[C@@]1(OC(=O)[C@@H](N)Cc2ccccc2)C(=O)OCc2c1cc1n(c2=O)Cc2cc3c(C/C=N/OC(C)(C)C)c(OC(=O)N4CCC(N5CCCCC5)CC4)ccc3nc2-1. The third kappa shape index (κ3) is 8.14. The number of amides is 1. The fourth-order valence-electron chi connectivity index (χ4n) is 8.93. The Bertz CT molecular complexity index is 2380. The molecule has 0 unspecified atom stereocenters. The van der Waals surface area contributed by atoms with Crippen LogP contribution in [-0.4, -0.2) is 87.5 Å². The van der Waals surface area contributed by atoms with Gasteiger partial charge in [0.15, 0.2) is 0 Å². The van der Waals surface area contributed by atoms with Gasteiger partial charge < -0.3 is 39.1 Å². The molecule has 8 rings (SSSR count). The van der Waals surface area contributed by atoms with Crippen LogP contribution in [0.2, 0.25) is 0 Å². The van der Waals surface area contributed by atoms with E-state index < -0.39 is 35.3 Å². The second kappa shape index (κ2) is 16.8. The van der Waals surface area contributed by atoms with Gasteiger partial charge in [-0.25, -0.2) is 14.6 Å². The summed E-state index contributed by atoms with van der Waals surface area (Å²) in [5.74, 6) is -1.14. The van der Waals surface area contributed by atoms with Gasteiger partial charge in [0.05, 0.1) is 29.0 Å². The molecule has 14 heteroatoms. The van der Waals surface area contributed by atoms with Gasteiger partial charge >= 0.3 is 18.0 Å². The summed E-state index contributed by atoms with van der Waals surface area (Å²) in [6.45, 7) is 10.9. The number of nitrogens with two attached hydrogens (primary N) is 1. The lowest BCUT2D eigenvalue weighted by molar-refractivity contribution is -0.190. The third-order valence-corrected chi connectivity index (χ3v) is 12.1. The summed E-state index contributed by atoms with van der Waals surface area (Å²) in [6.07, 6.45) is 7.35. The standard InChI is InChI=1S/C46H54N6O8/c1-5-46(59-42(54)36(47)24-29-12-8-6-9-13-29)35-26-38-40-30(27-52(38)41(53)34(35)28-57-43(46)55)25-33-32(16-19-48-60-45(2,3)4)39(15-14-37(33)49-40)58-44(56)51-22-17-31(18-23-51)50-20-10-7-11-21-50/h6,8-9,12-15,19,25-26,31,36H,5,7,10-11,16-18,20-24,27-28,47H2,1-4H3/b48-19+/t36-,46-/m0/s1. The maximum absolute atomic E-state index is 14.3. The highest BCUT2D eigenvalue weighted by molar-refractivity contribution is 5.92. The molecule has 0 saturated carbocycles. The Labute approximate surface area is 349 Å². The number of hydrogen-bond acceptors (Lipinski definition) is 12. The molecule has 4 aliphatic rings. The topological polar surface area (TPSA) is 168 Å². The molecular weight excluding hydrogens is 765 g/mol. The van der Waals surface area contributed by atoms with Crippen LogP contribution < -0.4 is 16.0 Å². The van der Waals surface area contributed by atoms with E-state index in [2.05, 4.69) is 10.1 Å². The van der Waals surface area contributed by atoms with Gasteiger partial charge in [-0.1, -0.05) is 48.8 Å². The lowest BCUT2D eigenvalue weighted by atomic mass is 9.85. The molecular formula is C46H54N6O8. The number of oxime groups is 1. The second-order valence-electron chi connectivity index (χ2n) is 17.3. The van der Waals surface area contributed by atoms with Gasteiger partial charge in [0.2, 0.25) is 5.60 Å². The normalized spacial score (nSPS) is 20.0. The predicted octanol–water partition coefficient (Wildman–Crippen LogP) is 5.99. The molecule has 2 saturated heterocycles. The zero-order chi connectivity index (χ0) is 42.2. The van der Waals surface area contributed by atoms with E-state index in [1.165, 1.54) is 19.3 Å². The number of piperidine rings is 2. The second-order valence-corrected chi connectivity index (χ2v) is 17.3. The number of esters is 2. The molecule has 2 fully saturated rings. The minimum Gasteiger partial charge on any atom is -0.457 e. The van der Waals surface area contributed by atoms with Crippen molar-refractivity contribution in [2.75, 3.05) is 26.2 Å². The zero-order valence-corrected chi connectivity index (χ0v) is 34.9. The Kier molecular flexibility index (Phi) is 11.5. The van der Waals surface area contributed by atoms with Gasteiger partial charge in [-0.15, -0.1) is 0 Å². The van der Waals surface area contributed by atoms with Crippen LogP contribution in [0.15, 0.2) is 64.5 Å². The number of carbonyl (C=O) groups excluding carboxylic acids is 3. The molecule has 0 bridgehead atoms. The molecule has 6 heterocycles. The number of nitrogens with zero attached hydrogens (tertiary/aromatic N) is 5. The number of pyridine rings is 2. The van der Waals surface area contributed by atoms with E-state index in [1.807, 2.05) is 57.2 Å². The van der Waals surface area contributed by atoms with Gasteiger partial charge in [0, 0.05) is 53.8 Å². The molecule has 4 aromatic rings. The van der Waals surface area contributed by atoms with Crippen LogP contribution in [0.1, 0.15) is 94.0 Å². The molecule has 2 aromatic heterocycles. The smallest absolute Gasteiger partial charge is 0.415 e. The van der Waals surface area contributed by atoms with Crippen LogP contribution in [0, 0.1) is 0 Å². The fourth-order valence-corrected chi connectivity index (χ4v) is 8.93. The third-order valence-electron chi connectivity index (χ3n) is 12.1. The zero-order valence-electron chi connectivity index (χ0n) is 34.9. The highest BCUT2D eigenvalue weighted by atomic mass is 16.6. The van der Waals surface area contributed by atoms with Crippen LogP contribution in [-0.2, 0) is 55.5 Å². The maximum Gasteiger partial charge on any atom is 0.415 e. The summed E-state index contributed by atoms with van der Waals surface area (Å²) in [7, 11) is 0. The maximum atomic E-state index is 14.3. The number of rotatable bonds is 10. The Morgan fingerprint density at radius 3 is 2.50 bits per heavy atom. The van der Waals surface area contributed by atoms with Crippen LogP contribution in [0.25, 0.3) is 22.3 Å². The van der Waals surface area contributed by atoms with E-state index in [9.17, 15) is 19.2 Å². The van der Waals surface area contributed by atoms with Crippen molar-refractivity contribution in [2.45, 2.75) is 115 Å². The largest absolute Gasteiger partial charge is 0.457 e. The van der Waals surface area contributed by atoms with Crippen molar-refractivity contribution in [2.24, 2.45) is 10.9 Å². The number of aromatic nitrogens is 2. The van der Waals surface area contributed by atoms with Crippen LogP contribution in [0.3, 0.4) is 0 Å². The number of hydrogen-bond donors (Lipinski definition) is 1. The first-order chi connectivity index (χ1) is 28.8. The van der Waals surface area contributed by atoms with E-state index in [-0.39, 0.29) is 49.1 Å². The van der Waals surface area contributed by atoms with Gasteiger partial charge in [-0.05, 0) is 102 Å². The molecule has 1 amide bonds. The van der Waals surface area contributed by atoms with Crippen LogP contribution >= 0.6 is 0 Å². The molecule has 14 nitrogen and oxygen atoms in total. The molecule has 0 radical (unpaired) electrons. The van der Waals surface area contributed by atoms with Crippen LogP contribution in [0.5, 0.6) is 5.75 Å². The van der Waals surface area contributed by atoms with Crippen molar-refractivity contribution < 1.29 is 33.4 Å². The molecule has 0 spiro atoms. The van der Waals surface area contributed by atoms with Gasteiger partial charge in [-0.2, -0.15) is 0 Å². The molecule has 2 aromatic carbocycles. The number of fused-ring (bicyclic) bond motifs is 5. The lowest BCUT2D eigenvalue weighted by Gasteiger charge is -2.39. The lowest BCUT2D eigenvalue weighted by Crippen LogP contribution is -2.50. The number of cyclic esters (lactones) is 1. The predicted molar refractivity (Wildman–Crippen MR) is 226 cm³/mol. The number of ether oxygens (including phenoxy) is 3.